The van der Waals surface area contributed by atoms with Gasteiger partial charge in [0.1, 0.15) is 0 Å². The summed E-state index contributed by atoms with van der Waals surface area (Å²) in [7, 11) is -0.520. The fraction of sp³-hybridized carbons (Fsp3) is 0.500. The average Bonchev–Trinajstić information content (AvgIpc) is 2.14. The second kappa shape index (κ2) is 4.76. The van der Waals surface area contributed by atoms with Crippen LogP contribution >= 0.6 is 0 Å². The van der Waals surface area contributed by atoms with E-state index in [2.05, 4.69) is 52.0 Å². The summed E-state index contributed by atoms with van der Waals surface area (Å²) in [6.07, 6.45) is 0. The molecule has 0 radical (unpaired) electrons. The van der Waals surface area contributed by atoms with Crippen molar-refractivity contribution in [1.82, 2.24) is 0 Å². The zero-order chi connectivity index (χ0) is 10.6. The molecule has 0 bridgehead atoms. The van der Waals surface area contributed by atoms with Gasteiger partial charge in [-0.15, -0.1) is 0 Å². The monoisotopic (exact) mass is 208 g/mol. The topological polar surface area (TPSA) is 9.23 Å². The van der Waals surface area contributed by atoms with E-state index in [0.29, 0.717) is 0 Å². The Hall–Kier alpha value is -0.603. The van der Waals surface area contributed by atoms with E-state index in [0.717, 1.165) is 6.61 Å². The van der Waals surface area contributed by atoms with Gasteiger partial charge in [-0.05, 0) is 23.1 Å². The fourth-order valence-corrected chi connectivity index (χ4v) is 3.05. The lowest BCUT2D eigenvalue weighted by molar-refractivity contribution is 0.367. The third-order valence-electron chi connectivity index (χ3n) is 2.29. The molecule has 0 aromatic heterocycles. The van der Waals surface area contributed by atoms with Gasteiger partial charge in [0, 0.05) is 6.61 Å². The molecule has 1 rings (SSSR count). The summed E-state index contributed by atoms with van der Waals surface area (Å²) in [6, 6.07) is 8.66. The molecular formula is C12H20OSi. The minimum atomic E-state index is -0.520. The maximum atomic E-state index is 5.59. The average molecular weight is 208 g/mol. The van der Waals surface area contributed by atoms with Gasteiger partial charge in [0.25, 0.3) is 0 Å². The lowest BCUT2D eigenvalue weighted by Crippen LogP contribution is -2.28. The number of hydrogen-bond acceptors (Lipinski definition) is 1. The Labute approximate surface area is 89.4 Å². The van der Waals surface area contributed by atoms with Crippen LogP contribution in [0.15, 0.2) is 24.3 Å². The summed E-state index contributed by atoms with van der Waals surface area (Å²) < 4.78 is 5.59. The smallest absolute Gasteiger partial charge is 0.192 e. The van der Waals surface area contributed by atoms with E-state index in [-0.39, 0.29) is 5.41 Å². The molecule has 0 unspecified atom stereocenters. The molecule has 0 spiro atoms. The van der Waals surface area contributed by atoms with Crippen molar-refractivity contribution in [2.24, 2.45) is 0 Å². The SMILES string of the molecule is CCO[SiH2]c1ccccc1C(C)(C)C. The van der Waals surface area contributed by atoms with Crippen molar-refractivity contribution in [3.63, 3.8) is 0 Å². The summed E-state index contributed by atoms with van der Waals surface area (Å²) >= 11 is 0. The summed E-state index contributed by atoms with van der Waals surface area (Å²) in [5.41, 5.74) is 1.68. The van der Waals surface area contributed by atoms with Crippen LogP contribution in [0.3, 0.4) is 0 Å². The summed E-state index contributed by atoms with van der Waals surface area (Å²) in [6.45, 7) is 9.67. The standard InChI is InChI=1S/C12H20OSi/c1-5-13-14-11-9-7-6-8-10(11)12(2,3)4/h6-9H,5,14H2,1-4H3. The Balaban J connectivity index is 2.92. The Morgan fingerprint density at radius 3 is 2.43 bits per heavy atom. The molecule has 0 aliphatic carbocycles. The highest BCUT2D eigenvalue weighted by Crippen LogP contribution is 2.19. The van der Waals surface area contributed by atoms with Gasteiger partial charge in [-0.3, -0.25) is 0 Å². The van der Waals surface area contributed by atoms with E-state index >= 15 is 0 Å². The Morgan fingerprint density at radius 1 is 1.21 bits per heavy atom. The first-order valence-electron chi connectivity index (χ1n) is 5.22. The summed E-state index contributed by atoms with van der Waals surface area (Å²) in [4.78, 5) is 0. The second-order valence-electron chi connectivity index (χ2n) is 4.54. The Bertz CT molecular complexity index is 289. The maximum Gasteiger partial charge on any atom is 0.192 e. The van der Waals surface area contributed by atoms with Crippen LogP contribution < -0.4 is 5.19 Å². The van der Waals surface area contributed by atoms with Crippen molar-refractivity contribution in [2.75, 3.05) is 6.61 Å². The molecule has 1 nitrogen and oxygen atoms in total. The number of rotatable bonds is 3. The van der Waals surface area contributed by atoms with Crippen LogP contribution in [0.5, 0.6) is 0 Å². The molecule has 1 aromatic rings. The first-order valence-corrected chi connectivity index (χ1v) is 6.50. The van der Waals surface area contributed by atoms with Crippen LogP contribution in [0.4, 0.5) is 0 Å². The highest BCUT2D eigenvalue weighted by atomic mass is 28.2. The minimum Gasteiger partial charge on any atom is -0.419 e. The molecule has 0 N–H and O–H groups in total. The van der Waals surface area contributed by atoms with Crippen molar-refractivity contribution in [2.45, 2.75) is 33.1 Å². The second-order valence-corrected chi connectivity index (χ2v) is 6.00. The predicted octanol–water partition coefficient (Wildman–Crippen LogP) is 1.73. The summed E-state index contributed by atoms with van der Waals surface area (Å²) in [5, 5.41) is 1.45. The molecule has 0 aliphatic heterocycles. The fourth-order valence-electron chi connectivity index (χ4n) is 1.59. The summed E-state index contributed by atoms with van der Waals surface area (Å²) in [5.74, 6) is 0. The van der Waals surface area contributed by atoms with Crippen molar-refractivity contribution in [3.8, 4) is 0 Å². The Kier molecular flexibility index (Phi) is 3.90. The van der Waals surface area contributed by atoms with Crippen molar-refractivity contribution >= 4 is 14.9 Å². The zero-order valence-electron chi connectivity index (χ0n) is 9.63. The molecule has 0 amide bonds. The molecule has 78 valence electrons. The molecule has 0 heterocycles. The molecule has 14 heavy (non-hydrogen) atoms. The lowest BCUT2D eigenvalue weighted by Gasteiger charge is -2.22. The number of benzene rings is 1. The molecule has 0 saturated carbocycles. The van der Waals surface area contributed by atoms with Gasteiger partial charge in [0.2, 0.25) is 0 Å². The maximum absolute atomic E-state index is 5.59. The van der Waals surface area contributed by atoms with E-state index in [1.165, 1.54) is 10.8 Å². The minimum absolute atomic E-state index is 0.237. The normalized spacial score (nSPS) is 12.6. The first-order chi connectivity index (χ1) is 6.55. The third kappa shape index (κ3) is 2.96. The highest BCUT2D eigenvalue weighted by molar-refractivity contribution is 6.47. The zero-order valence-corrected chi connectivity index (χ0v) is 11.0. The van der Waals surface area contributed by atoms with Gasteiger partial charge in [-0.2, -0.15) is 0 Å². The van der Waals surface area contributed by atoms with E-state index in [1.54, 1.807) is 0 Å². The molecule has 0 atom stereocenters. The number of hydrogen-bond donors (Lipinski definition) is 0. The van der Waals surface area contributed by atoms with Gasteiger partial charge in [-0.25, -0.2) is 0 Å². The highest BCUT2D eigenvalue weighted by Gasteiger charge is 2.16. The van der Waals surface area contributed by atoms with Crippen LogP contribution in [0, 0.1) is 0 Å². The van der Waals surface area contributed by atoms with Crippen LogP contribution in [0.1, 0.15) is 33.3 Å². The first kappa shape index (κ1) is 11.5. The van der Waals surface area contributed by atoms with E-state index in [9.17, 15) is 0 Å². The quantitative estimate of drug-likeness (QED) is 0.688. The molecule has 0 saturated heterocycles. The van der Waals surface area contributed by atoms with Gasteiger partial charge in [0.15, 0.2) is 9.76 Å². The molecule has 2 heteroatoms. The van der Waals surface area contributed by atoms with Crippen molar-refractivity contribution < 1.29 is 4.43 Å². The Morgan fingerprint density at radius 2 is 1.86 bits per heavy atom. The van der Waals surface area contributed by atoms with E-state index in [1.807, 2.05) is 0 Å². The largest absolute Gasteiger partial charge is 0.419 e. The predicted molar refractivity (Wildman–Crippen MR) is 64.9 cm³/mol. The molecule has 1 aromatic carbocycles. The van der Waals surface area contributed by atoms with E-state index in [4.69, 9.17) is 4.43 Å². The third-order valence-corrected chi connectivity index (χ3v) is 3.83. The van der Waals surface area contributed by atoms with Gasteiger partial charge >= 0.3 is 0 Å². The molecule has 0 aliphatic rings. The van der Waals surface area contributed by atoms with Crippen molar-refractivity contribution in [3.05, 3.63) is 29.8 Å². The van der Waals surface area contributed by atoms with Crippen molar-refractivity contribution in [1.29, 1.82) is 0 Å². The van der Waals surface area contributed by atoms with Crippen LogP contribution in [-0.4, -0.2) is 16.4 Å². The molecular weight excluding hydrogens is 188 g/mol. The lowest BCUT2D eigenvalue weighted by atomic mass is 9.87. The van der Waals surface area contributed by atoms with Gasteiger partial charge in [-0.1, -0.05) is 45.0 Å². The van der Waals surface area contributed by atoms with Gasteiger partial charge < -0.3 is 4.43 Å². The van der Waals surface area contributed by atoms with E-state index < -0.39 is 9.76 Å². The van der Waals surface area contributed by atoms with Gasteiger partial charge in [0.05, 0.1) is 0 Å². The molecule has 0 fully saturated rings. The van der Waals surface area contributed by atoms with Crippen LogP contribution in [-0.2, 0) is 9.84 Å². The van der Waals surface area contributed by atoms with Crippen LogP contribution in [0.25, 0.3) is 0 Å². The van der Waals surface area contributed by atoms with Crippen LogP contribution in [0.2, 0.25) is 0 Å².